The van der Waals surface area contributed by atoms with Crippen LogP contribution in [-0.4, -0.2) is 77.7 Å². The molecule has 206 valence electrons. The van der Waals surface area contributed by atoms with Crippen molar-refractivity contribution in [3.05, 3.63) is 30.1 Å². The molecule has 1 aromatic heterocycles. The summed E-state index contributed by atoms with van der Waals surface area (Å²) in [7, 11) is -22.0. The number of hydrogen-bond acceptors (Lipinski definition) is 10. The molecule has 16 N–H and O–H groups in total. The van der Waals surface area contributed by atoms with Crippen molar-refractivity contribution in [3.63, 3.8) is 0 Å². The largest absolute Gasteiger partial charge is 1.00 e. The van der Waals surface area contributed by atoms with Gasteiger partial charge in [-0.2, -0.15) is 0 Å². The molecule has 0 saturated heterocycles. The van der Waals surface area contributed by atoms with Gasteiger partial charge in [0, 0.05) is 18.8 Å². The third-order valence-electron chi connectivity index (χ3n) is 3.72. The number of aromatic nitrogens is 1. The molecule has 4 unspecified atom stereocenters. The Kier molecular flexibility index (Phi) is 26.3. The molecule has 19 nitrogen and oxygen atoms in total. The fourth-order valence-corrected chi connectivity index (χ4v) is 6.23. The molecule has 4 atom stereocenters. The van der Waals surface area contributed by atoms with Crippen molar-refractivity contribution in [2.45, 2.75) is 29.4 Å². The van der Waals surface area contributed by atoms with Gasteiger partial charge in [-0.15, -0.1) is 0 Å². The predicted molar refractivity (Wildman–Crippen MR) is 111 cm³/mol. The molecule has 1 aromatic rings. The fraction of sp³-hybridized carbons (Fsp3) is 0.545. The summed E-state index contributed by atoms with van der Waals surface area (Å²) in [4.78, 5) is 77.3. The van der Waals surface area contributed by atoms with Crippen molar-refractivity contribution < 1.29 is 143 Å². The average Bonchev–Trinajstić information content (AvgIpc) is 2.57. The number of nitrogens with zero attached hydrogens (tertiary/aromatic N) is 1. The topological polar surface area (TPSA) is 410 Å². The van der Waals surface area contributed by atoms with Gasteiger partial charge in [-0.25, -0.2) is 0 Å². The summed E-state index contributed by atoms with van der Waals surface area (Å²) in [5.41, 5.74) is 5.04. The van der Waals surface area contributed by atoms with E-state index in [9.17, 15) is 38.3 Å². The monoisotopic (exact) mass is 630 g/mol. The van der Waals surface area contributed by atoms with Gasteiger partial charge in [0.1, 0.15) is 0 Å². The summed E-state index contributed by atoms with van der Waals surface area (Å²) in [6.45, 7) is -0.0672. The molecule has 1 rings (SSSR count). The van der Waals surface area contributed by atoms with E-state index in [1.54, 1.807) is 0 Å². The van der Waals surface area contributed by atoms with Crippen LogP contribution in [0, 0.1) is 0 Å². The summed E-state index contributed by atoms with van der Waals surface area (Å²) in [5.74, 6) is 0. The van der Waals surface area contributed by atoms with Crippen LogP contribution in [0.5, 0.6) is 0 Å². The van der Waals surface area contributed by atoms with E-state index in [-0.39, 0.29) is 94.1 Å². The Labute approximate surface area is 248 Å². The van der Waals surface area contributed by atoms with Gasteiger partial charge in [-0.05, 0) is 31.0 Å². The molecular weight excluding hydrogens is 602 g/mol. The normalized spacial score (nSPS) is 17.4. The maximum atomic E-state index is 11.0. The van der Waals surface area contributed by atoms with Crippen LogP contribution in [0.2, 0.25) is 0 Å². The van der Waals surface area contributed by atoms with Gasteiger partial charge >= 0.3 is 74.3 Å². The second-order valence-corrected chi connectivity index (χ2v) is 14.0. The summed E-state index contributed by atoms with van der Waals surface area (Å²) in [6, 6.07) is 2.70. The third kappa shape index (κ3) is 13.7. The van der Waals surface area contributed by atoms with Crippen LogP contribution in [-0.2, 0) is 24.7 Å². The first-order chi connectivity index (χ1) is 13.6. The Morgan fingerprint density at radius 2 is 1.22 bits per heavy atom. The van der Waals surface area contributed by atoms with Crippen LogP contribution in [0.15, 0.2) is 24.5 Å². The summed E-state index contributed by atoms with van der Waals surface area (Å²) >= 11 is 0. The van der Waals surface area contributed by atoms with Gasteiger partial charge in [0.2, 0.25) is 10.2 Å². The van der Waals surface area contributed by atoms with Crippen molar-refractivity contribution in [2.75, 3.05) is 6.54 Å². The van der Waals surface area contributed by atoms with E-state index in [4.69, 9.17) is 35.1 Å². The van der Waals surface area contributed by atoms with Gasteiger partial charge in [-0.1, -0.05) is 6.07 Å². The zero-order valence-electron chi connectivity index (χ0n) is 19.0. The Bertz CT molecular complexity index is 872. The van der Waals surface area contributed by atoms with E-state index in [0.717, 1.165) is 6.20 Å². The quantitative estimate of drug-likeness (QED) is 0.0903. The molecule has 0 radical (unpaired) electrons. The molecular formula is C11H28N2Na2O17P4. The Balaban J connectivity index is -0.000000111. The number of nitrogens with two attached hydrogens (primary N) is 1. The average molecular weight is 630 g/mol. The van der Waals surface area contributed by atoms with Gasteiger partial charge in [0.05, 0.1) is 0 Å². The van der Waals surface area contributed by atoms with E-state index in [2.05, 4.69) is 4.98 Å². The van der Waals surface area contributed by atoms with Crippen LogP contribution >= 0.6 is 30.4 Å². The third-order valence-corrected chi connectivity index (χ3v) is 11.2. The molecule has 0 saturated carbocycles. The minimum atomic E-state index is -5.66. The maximum absolute atomic E-state index is 11.0. The molecule has 0 aliphatic rings. The molecule has 0 amide bonds. The van der Waals surface area contributed by atoms with Crippen molar-refractivity contribution >= 4 is 30.4 Å². The minimum Gasteiger partial charge on any atom is -0.776 e. The maximum Gasteiger partial charge on any atom is 1.00 e. The number of aliphatic hydroxyl groups is 2. The van der Waals surface area contributed by atoms with Crippen molar-refractivity contribution in [2.24, 2.45) is 5.73 Å². The van der Waals surface area contributed by atoms with E-state index in [1.165, 1.54) is 18.3 Å². The van der Waals surface area contributed by atoms with E-state index in [1.807, 2.05) is 0 Å². The Morgan fingerprint density at radius 1 is 0.833 bits per heavy atom. The second kappa shape index (κ2) is 18.8. The first kappa shape index (κ1) is 50.4. The molecule has 0 fully saturated rings. The summed E-state index contributed by atoms with van der Waals surface area (Å²) in [6.07, 6.45) is 0.563. The molecule has 0 spiro atoms. The molecule has 36 heavy (non-hydrogen) atoms. The number of rotatable bonds is 9. The van der Waals surface area contributed by atoms with Gasteiger partial charge in [-0.3, -0.25) is 14.1 Å². The van der Waals surface area contributed by atoms with Crippen LogP contribution < -0.4 is 74.6 Å². The van der Waals surface area contributed by atoms with Crippen molar-refractivity contribution in [1.82, 2.24) is 4.98 Å². The van der Waals surface area contributed by atoms with Crippen LogP contribution in [0.1, 0.15) is 18.4 Å². The molecule has 1 heterocycles. The van der Waals surface area contributed by atoms with E-state index in [0.29, 0.717) is 0 Å². The van der Waals surface area contributed by atoms with Crippen LogP contribution in [0.25, 0.3) is 0 Å². The molecule has 0 aliphatic heterocycles. The number of hydrogen-bond donors (Lipinski definition) is 9. The molecule has 0 bridgehead atoms. The van der Waals surface area contributed by atoms with Crippen LogP contribution in [0.3, 0.4) is 0 Å². The first-order valence-corrected chi connectivity index (χ1v) is 14.2. The molecule has 25 heteroatoms. The Morgan fingerprint density at radius 3 is 1.47 bits per heavy atom. The van der Waals surface area contributed by atoms with Gasteiger partial charge < -0.3 is 80.7 Å². The Hall–Kier alpha value is 1.51. The van der Waals surface area contributed by atoms with Gasteiger partial charge in [0.25, 0.3) is 0 Å². The SMILES string of the molecule is NCCCC(O)(P(=O)([O-])O)P(=O)(O)O.O.O.O.O=P([O-])(O)C(O)(Cc1cccnc1)P(=O)(O)O.[Na+].[Na+]. The minimum absolute atomic E-state index is 0. The van der Waals surface area contributed by atoms with Crippen molar-refractivity contribution in [1.29, 1.82) is 0 Å². The second-order valence-electron chi connectivity index (χ2n) is 6.11. The first-order valence-electron chi connectivity index (χ1n) is 7.87. The smallest absolute Gasteiger partial charge is 0.776 e. The van der Waals surface area contributed by atoms with E-state index >= 15 is 0 Å². The molecule has 0 aliphatic carbocycles. The summed E-state index contributed by atoms with van der Waals surface area (Å²) < 4.78 is 43.2. The fourth-order valence-electron chi connectivity index (χ4n) is 1.93. The predicted octanol–water partition coefficient (Wildman–Crippen LogP) is -11.4. The van der Waals surface area contributed by atoms with Crippen LogP contribution in [0.4, 0.5) is 0 Å². The zero-order chi connectivity index (χ0) is 24.9. The number of pyridine rings is 1. The van der Waals surface area contributed by atoms with E-state index < -0.39 is 53.4 Å². The van der Waals surface area contributed by atoms with Gasteiger partial charge in [0.15, 0.2) is 15.2 Å². The van der Waals surface area contributed by atoms with Crippen molar-refractivity contribution in [3.8, 4) is 0 Å². The summed E-state index contributed by atoms with van der Waals surface area (Å²) in [5, 5.41) is 11.7. The molecule has 0 aromatic carbocycles. The standard InChI is InChI=1S/C7H11NO7P2.C4H13NO7P2.2Na.3H2O/c9-7(16(10,11)12,17(13,14)15)4-6-2-1-3-8-5-6;5-3-1-2-4(6,13(7,8)9)14(10,11)12;;;;;/h1-3,5,9H,4H2,(H2,10,11,12)(H2,13,14,15);6H,1-3,5H2,(H2,7,8,9)(H2,10,11,12);;;3*1H2/q;;2*+1;;;/p-2. The zero-order valence-corrected chi connectivity index (χ0v) is 26.6.